The number of rotatable bonds is 4. The molecule has 0 fully saturated rings. The molecule has 0 atom stereocenters. The van der Waals surface area contributed by atoms with Gasteiger partial charge in [-0.1, -0.05) is 53.8 Å². The third kappa shape index (κ3) is 2.86. The minimum absolute atomic E-state index is 0.461. The van der Waals surface area contributed by atoms with E-state index in [1.165, 1.54) is 0 Å². The van der Waals surface area contributed by atoms with E-state index in [9.17, 15) is 4.79 Å². The molecular formula is C20H15N3OS. The number of hydrogen-bond donors (Lipinski definition) is 1. The van der Waals surface area contributed by atoms with E-state index < -0.39 is 5.91 Å². The van der Waals surface area contributed by atoms with Crippen molar-refractivity contribution in [3.05, 3.63) is 84.4 Å². The molecule has 122 valence electrons. The molecule has 0 aliphatic heterocycles. The smallest absolute Gasteiger partial charge is 0.250 e. The Morgan fingerprint density at radius 1 is 0.880 bits per heavy atom. The van der Waals surface area contributed by atoms with Crippen LogP contribution in [0, 0.1) is 0 Å². The third-order valence-electron chi connectivity index (χ3n) is 3.90. The highest BCUT2D eigenvalue weighted by atomic mass is 32.1. The van der Waals surface area contributed by atoms with E-state index in [1.807, 2.05) is 77.7 Å². The van der Waals surface area contributed by atoms with Crippen molar-refractivity contribution >= 4 is 44.0 Å². The third-order valence-corrected chi connectivity index (χ3v) is 4.92. The molecule has 4 rings (SSSR count). The molecule has 0 saturated heterocycles. The number of carbonyl (C=O) groups is 1. The number of amides is 1. The molecule has 4 aromatic rings. The van der Waals surface area contributed by atoms with Gasteiger partial charge in [-0.15, -0.1) is 0 Å². The minimum atomic E-state index is -0.461. The van der Waals surface area contributed by atoms with E-state index in [0.29, 0.717) is 5.56 Å². The molecule has 0 saturated carbocycles. The lowest BCUT2D eigenvalue weighted by atomic mass is 10.1. The number of benzene rings is 3. The Kier molecular flexibility index (Phi) is 3.91. The fraction of sp³-hybridized carbons (Fsp3) is 0. The van der Waals surface area contributed by atoms with Gasteiger partial charge in [-0.05, 0) is 36.4 Å². The number of nitrogens with two attached hydrogens (primary N) is 1. The Labute approximate surface area is 149 Å². The molecule has 3 aromatic carbocycles. The van der Waals surface area contributed by atoms with Crippen LogP contribution in [-0.4, -0.2) is 10.9 Å². The SMILES string of the molecule is NC(=O)c1ccccc1N(c1ccccc1)c1nc2ccccc2s1. The van der Waals surface area contributed by atoms with Crippen LogP contribution >= 0.6 is 11.3 Å². The Bertz CT molecular complexity index is 1010. The van der Waals surface area contributed by atoms with Crippen molar-refractivity contribution in [2.45, 2.75) is 0 Å². The highest BCUT2D eigenvalue weighted by molar-refractivity contribution is 7.22. The first-order valence-electron chi connectivity index (χ1n) is 7.83. The molecule has 5 heteroatoms. The van der Waals surface area contributed by atoms with E-state index >= 15 is 0 Å². The van der Waals surface area contributed by atoms with Crippen LogP contribution in [0.4, 0.5) is 16.5 Å². The first kappa shape index (κ1) is 15.4. The summed E-state index contributed by atoms with van der Waals surface area (Å²) in [5.41, 5.74) is 8.64. The van der Waals surface area contributed by atoms with E-state index in [0.717, 1.165) is 26.7 Å². The monoisotopic (exact) mass is 345 g/mol. The van der Waals surface area contributed by atoms with Gasteiger partial charge in [0.1, 0.15) is 0 Å². The molecule has 4 nitrogen and oxygen atoms in total. The molecule has 1 amide bonds. The van der Waals surface area contributed by atoms with E-state index in [2.05, 4.69) is 0 Å². The zero-order valence-electron chi connectivity index (χ0n) is 13.3. The van der Waals surface area contributed by atoms with Gasteiger partial charge in [0.2, 0.25) is 0 Å². The van der Waals surface area contributed by atoms with Crippen molar-refractivity contribution in [1.82, 2.24) is 4.98 Å². The minimum Gasteiger partial charge on any atom is -0.366 e. The average Bonchev–Trinajstić information content (AvgIpc) is 3.06. The van der Waals surface area contributed by atoms with Crippen LogP contribution in [0.15, 0.2) is 78.9 Å². The second-order valence-corrected chi connectivity index (χ2v) is 6.53. The average molecular weight is 345 g/mol. The first-order chi connectivity index (χ1) is 12.2. The highest BCUT2D eigenvalue weighted by Gasteiger charge is 2.20. The number of fused-ring (bicyclic) bond motifs is 1. The Morgan fingerprint density at radius 2 is 1.56 bits per heavy atom. The molecule has 2 N–H and O–H groups in total. The molecule has 0 unspecified atom stereocenters. The van der Waals surface area contributed by atoms with Gasteiger partial charge in [0.25, 0.3) is 5.91 Å². The van der Waals surface area contributed by atoms with Crippen LogP contribution in [-0.2, 0) is 0 Å². The highest BCUT2D eigenvalue weighted by Crippen LogP contribution is 2.40. The van der Waals surface area contributed by atoms with Gasteiger partial charge in [0.05, 0.1) is 21.5 Å². The van der Waals surface area contributed by atoms with Gasteiger partial charge >= 0.3 is 0 Å². The Morgan fingerprint density at radius 3 is 2.32 bits per heavy atom. The number of aromatic nitrogens is 1. The number of nitrogens with zero attached hydrogens (tertiary/aromatic N) is 2. The van der Waals surface area contributed by atoms with Gasteiger partial charge in [-0.2, -0.15) is 0 Å². The zero-order chi connectivity index (χ0) is 17.2. The lowest BCUT2D eigenvalue weighted by Gasteiger charge is -2.23. The molecule has 0 bridgehead atoms. The molecular weight excluding hydrogens is 330 g/mol. The number of primary amides is 1. The lowest BCUT2D eigenvalue weighted by Crippen LogP contribution is -2.18. The van der Waals surface area contributed by atoms with Crippen LogP contribution in [0.1, 0.15) is 10.4 Å². The summed E-state index contributed by atoms with van der Waals surface area (Å²) < 4.78 is 1.09. The summed E-state index contributed by atoms with van der Waals surface area (Å²) in [7, 11) is 0. The summed E-state index contributed by atoms with van der Waals surface area (Å²) in [6.07, 6.45) is 0. The fourth-order valence-corrected chi connectivity index (χ4v) is 3.76. The normalized spacial score (nSPS) is 10.7. The maximum Gasteiger partial charge on any atom is 0.250 e. The van der Waals surface area contributed by atoms with Crippen LogP contribution in [0.3, 0.4) is 0 Å². The maximum atomic E-state index is 11.9. The molecule has 0 aliphatic rings. The predicted octanol–water partition coefficient (Wildman–Crippen LogP) is 4.87. The summed E-state index contributed by atoms with van der Waals surface area (Å²) in [5.74, 6) is -0.461. The van der Waals surface area contributed by atoms with Crippen LogP contribution < -0.4 is 10.6 Å². The van der Waals surface area contributed by atoms with Crippen LogP contribution in [0.25, 0.3) is 10.2 Å². The lowest BCUT2D eigenvalue weighted by molar-refractivity contribution is 0.100. The molecule has 1 aromatic heterocycles. The zero-order valence-corrected chi connectivity index (χ0v) is 14.1. The van der Waals surface area contributed by atoms with Gasteiger partial charge in [0.15, 0.2) is 5.13 Å². The molecule has 25 heavy (non-hydrogen) atoms. The van der Waals surface area contributed by atoms with Crippen molar-refractivity contribution in [2.75, 3.05) is 4.90 Å². The second-order valence-electron chi connectivity index (χ2n) is 5.52. The molecule has 0 aliphatic carbocycles. The molecule has 0 radical (unpaired) electrons. The maximum absolute atomic E-state index is 11.9. The summed E-state index contributed by atoms with van der Waals surface area (Å²) in [4.78, 5) is 18.7. The van der Waals surface area contributed by atoms with Crippen molar-refractivity contribution < 1.29 is 4.79 Å². The molecule has 0 spiro atoms. The standard InChI is InChI=1S/C20H15N3OS/c21-19(24)15-10-4-6-12-17(15)23(14-8-2-1-3-9-14)20-22-16-11-5-7-13-18(16)25-20/h1-13H,(H2,21,24). The van der Waals surface area contributed by atoms with Crippen LogP contribution in [0.5, 0.6) is 0 Å². The predicted molar refractivity (Wildman–Crippen MR) is 103 cm³/mol. The molecule has 1 heterocycles. The van der Waals surface area contributed by atoms with Crippen LogP contribution in [0.2, 0.25) is 0 Å². The van der Waals surface area contributed by atoms with Gasteiger partial charge in [0, 0.05) is 5.69 Å². The van der Waals surface area contributed by atoms with E-state index in [-0.39, 0.29) is 0 Å². The number of anilines is 3. The topological polar surface area (TPSA) is 59.2 Å². The summed E-state index contributed by atoms with van der Waals surface area (Å²) in [6.45, 7) is 0. The fourth-order valence-electron chi connectivity index (χ4n) is 2.76. The number of thiazole rings is 1. The van der Waals surface area contributed by atoms with Gasteiger partial charge < -0.3 is 5.73 Å². The summed E-state index contributed by atoms with van der Waals surface area (Å²) >= 11 is 1.58. The largest absolute Gasteiger partial charge is 0.366 e. The van der Waals surface area contributed by atoms with Crippen molar-refractivity contribution in [3.63, 3.8) is 0 Å². The van der Waals surface area contributed by atoms with Crippen molar-refractivity contribution in [2.24, 2.45) is 5.73 Å². The number of carbonyl (C=O) groups excluding carboxylic acids is 1. The van der Waals surface area contributed by atoms with Gasteiger partial charge in [-0.3, -0.25) is 9.69 Å². The second kappa shape index (κ2) is 6.37. The Balaban J connectivity index is 1.96. The Hall–Kier alpha value is -3.18. The summed E-state index contributed by atoms with van der Waals surface area (Å²) in [5, 5.41) is 0.793. The van der Waals surface area contributed by atoms with Crippen molar-refractivity contribution in [1.29, 1.82) is 0 Å². The summed E-state index contributed by atoms with van der Waals surface area (Å²) in [6, 6.07) is 25.2. The van der Waals surface area contributed by atoms with E-state index in [1.54, 1.807) is 17.4 Å². The van der Waals surface area contributed by atoms with E-state index in [4.69, 9.17) is 10.7 Å². The van der Waals surface area contributed by atoms with Gasteiger partial charge in [-0.25, -0.2) is 4.98 Å². The number of hydrogen-bond acceptors (Lipinski definition) is 4. The first-order valence-corrected chi connectivity index (χ1v) is 8.65. The quantitative estimate of drug-likeness (QED) is 0.574. The van der Waals surface area contributed by atoms with Crippen molar-refractivity contribution in [3.8, 4) is 0 Å². The number of para-hydroxylation sites is 3.